The second-order valence-corrected chi connectivity index (χ2v) is 4.98. The zero-order valence-corrected chi connectivity index (χ0v) is 11.2. The predicted octanol–water partition coefficient (Wildman–Crippen LogP) is 3.58. The van der Waals surface area contributed by atoms with E-state index in [-0.39, 0.29) is 5.69 Å². The van der Waals surface area contributed by atoms with Crippen molar-refractivity contribution in [2.75, 3.05) is 17.2 Å². The summed E-state index contributed by atoms with van der Waals surface area (Å²) < 4.78 is 26.4. The van der Waals surface area contributed by atoms with E-state index in [1.54, 1.807) is 12.1 Å². The highest BCUT2D eigenvalue weighted by atomic mass is 19.1. The van der Waals surface area contributed by atoms with Gasteiger partial charge < -0.3 is 10.6 Å². The maximum Gasteiger partial charge on any atom is 0.255 e. The summed E-state index contributed by atoms with van der Waals surface area (Å²) in [5, 5.41) is 5.72. The van der Waals surface area contributed by atoms with Crippen LogP contribution in [0.4, 0.5) is 20.2 Å². The van der Waals surface area contributed by atoms with E-state index in [0.29, 0.717) is 5.56 Å². The van der Waals surface area contributed by atoms with Gasteiger partial charge in [0.05, 0.1) is 5.69 Å². The average Bonchev–Trinajstić information content (AvgIpc) is 2.49. The molecular weight excluding hydrogens is 274 g/mol. The molecule has 2 N–H and O–H groups in total. The largest absolute Gasteiger partial charge is 0.385 e. The summed E-state index contributed by atoms with van der Waals surface area (Å²) in [6.07, 6.45) is 1.93. The van der Waals surface area contributed by atoms with Gasteiger partial charge in [-0.1, -0.05) is 0 Å². The summed E-state index contributed by atoms with van der Waals surface area (Å²) in [6, 6.07) is 8.40. The first-order valence-electron chi connectivity index (χ1n) is 6.77. The van der Waals surface area contributed by atoms with Gasteiger partial charge in [-0.15, -0.1) is 0 Å². The topological polar surface area (TPSA) is 41.1 Å². The summed E-state index contributed by atoms with van der Waals surface area (Å²) in [5.41, 5.74) is 2.54. The zero-order valence-electron chi connectivity index (χ0n) is 11.2. The lowest BCUT2D eigenvalue weighted by Crippen LogP contribution is -2.16. The van der Waals surface area contributed by atoms with Crippen LogP contribution in [0.5, 0.6) is 0 Å². The van der Waals surface area contributed by atoms with Gasteiger partial charge in [-0.05, 0) is 48.7 Å². The summed E-state index contributed by atoms with van der Waals surface area (Å²) in [7, 11) is 0. The van der Waals surface area contributed by atoms with Crippen molar-refractivity contribution in [1.29, 1.82) is 0 Å². The molecule has 3 nitrogen and oxygen atoms in total. The Kier molecular flexibility index (Phi) is 3.56. The molecule has 0 radical (unpaired) electrons. The van der Waals surface area contributed by atoms with Gasteiger partial charge in [-0.2, -0.15) is 0 Å². The van der Waals surface area contributed by atoms with Crippen LogP contribution in [-0.4, -0.2) is 12.5 Å². The number of fused-ring (bicyclic) bond motifs is 1. The Morgan fingerprint density at radius 2 is 2.00 bits per heavy atom. The number of anilines is 2. The van der Waals surface area contributed by atoms with Crippen molar-refractivity contribution in [1.82, 2.24) is 0 Å². The van der Waals surface area contributed by atoms with Crippen LogP contribution in [0.1, 0.15) is 22.3 Å². The third-order valence-electron chi connectivity index (χ3n) is 3.49. The first kappa shape index (κ1) is 13.5. The van der Waals surface area contributed by atoms with E-state index in [1.807, 2.05) is 6.07 Å². The smallest absolute Gasteiger partial charge is 0.255 e. The molecule has 21 heavy (non-hydrogen) atoms. The minimum Gasteiger partial charge on any atom is -0.385 e. The number of rotatable bonds is 2. The van der Waals surface area contributed by atoms with Crippen molar-refractivity contribution >= 4 is 17.3 Å². The third kappa shape index (κ3) is 2.86. The lowest BCUT2D eigenvalue weighted by atomic mass is 10.0. The Morgan fingerprint density at radius 1 is 1.14 bits per heavy atom. The van der Waals surface area contributed by atoms with Gasteiger partial charge in [0.2, 0.25) is 0 Å². The first-order chi connectivity index (χ1) is 10.1. The van der Waals surface area contributed by atoms with E-state index in [9.17, 15) is 13.6 Å². The maximum absolute atomic E-state index is 13.5. The SMILES string of the molecule is O=C(Nc1ccc(F)cc1F)c1ccc2c(c1)CCCN2. The molecule has 0 spiro atoms. The van der Waals surface area contributed by atoms with E-state index in [2.05, 4.69) is 10.6 Å². The van der Waals surface area contributed by atoms with Crippen molar-refractivity contribution in [3.05, 3.63) is 59.2 Å². The fraction of sp³-hybridized carbons (Fsp3) is 0.188. The summed E-state index contributed by atoms with van der Waals surface area (Å²) in [4.78, 5) is 12.1. The van der Waals surface area contributed by atoms with E-state index in [4.69, 9.17) is 0 Å². The van der Waals surface area contributed by atoms with E-state index in [1.165, 1.54) is 6.07 Å². The Labute approximate surface area is 121 Å². The minimum atomic E-state index is -0.789. The van der Waals surface area contributed by atoms with E-state index in [0.717, 1.165) is 42.8 Å². The van der Waals surface area contributed by atoms with Crippen molar-refractivity contribution in [2.45, 2.75) is 12.8 Å². The number of halogens is 2. The Hall–Kier alpha value is -2.43. The molecule has 0 fully saturated rings. The molecule has 0 saturated heterocycles. The second-order valence-electron chi connectivity index (χ2n) is 4.98. The maximum atomic E-state index is 13.5. The Balaban J connectivity index is 1.82. The number of amides is 1. The number of aryl methyl sites for hydroxylation is 1. The zero-order chi connectivity index (χ0) is 14.8. The highest BCUT2D eigenvalue weighted by Gasteiger charge is 2.14. The molecule has 0 saturated carbocycles. The summed E-state index contributed by atoms with van der Waals surface area (Å²) in [5.74, 6) is -1.87. The fourth-order valence-electron chi connectivity index (χ4n) is 2.40. The van der Waals surface area contributed by atoms with Gasteiger partial charge in [-0.3, -0.25) is 4.79 Å². The van der Waals surface area contributed by atoms with Crippen LogP contribution in [0.15, 0.2) is 36.4 Å². The molecule has 0 unspecified atom stereocenters. The molecule has 0 atom stereocenters. The lowest BCUT2D eigenvalue weighted by molar-refractivity contribution is 0.102. The molecule has 2 aromatic carbocycles. The molecule has 2 aromatic rings. The van der Waals surface area contributed by atoms with Crippen molar-refractivity contribution in [2.24, 2.45) is 0 Å². The normalized spacial score (nSPS) is 13.2. The Bertz CT molecular complexity index is 701. The number of carbonyl (C=O) groups is 1. The van der Waals surface area contributed by atoms with Gasteiger partial charge in [0, 0.05) is 23.9 Å². The molecule has 1 aliphatic heterocycles. The van der Waals surface area contributed by atoms with Crippen LogP contribution in [0.2, 0.25) is 0 Å². The van der Waals surface area contributed by atoms with Gasteiger partial charge in [0.25, 0.3) is 5.91 Å². The number of benzene rings is 2. The molecule has 1 heterocycles. The van der Waals surface area contributed by atoms with Gasteiger partial charge >= 0.3 is 0 Å². The second kappa shape index (κ2) is 5.52. The lowest BCUT2D eigenvalue weighted by Gasteiger charge is -2.18. The van der Waals surface area contributed by atoms with Crippen LogP contribution >= 0.6 is 0 Å². The molecule has 0 aliphatic carbocycles. The highest BCUT2D eigenvalue weighted by Crippen LogP contribution is 2.24. The van der Waals surface area contributed by atoms with Crippen LogP contribution in [0.3, 0.4) is 0 Å². The predicted molar refractivity (Wildman–Crippen MR) is 77.6 cm³/mol. The molecule has 3 rings (SSSR count). The molecule has 108 valence electrons. The van der Waals surface area contributed by atoms with Crippen LogP contribution in [-0.2, 0) is 6.42 Å². The van der Waals surface area contributed by atoms with Crippen LogP contribution in [0, 0.1) is 11.6 Å². The molecule has 0 bridgehead atoms. The number of hydrogen-bond acceptors (Lipinski definition) is 2. The number of carbonyl (C=O) groups excluding carboxylic acids is 1. The first-order valence-corrected chi connectivity index (χ1v) is 6.77. The van der Waals surface area contributed by atoms with E-state index >= 15 is 0 Å². The van der Waals surface area contributed by atoms with Gasteiger partial charge in [0.1, 0.15) is 11.6 Å². The molecule has 5 heteroatoms. The van der Waals surface area contributed by atoms with Crippen molar-refractivity contribution in [3.63, 3.8) is 0 Å². The monoisotopic (exact) mass is 288 g/mol. The molecular formula is C16H14F2N2O. The van der Waals surface area contributed by atoms with Gasteiger partial charge in [0.15, 0.2) is 0 Å². The standard InChI is InChI=1S/C16H14F2N2O/c17-12-4-6-15(13(18)9-12)20-16(21)11-3-5-14-10(8-11)2-1-7-19-14/h3-6,8-9,19H,1-2,7H2,(H,20,21). The summed E-state index contributed by atoms with van der Waals surface area (Å²) >= 11 is 0. The van der Waals surface area contributed by atoms with Crippen LogP contribution in [0.25, 0.3) is 0 Å². The van der Waals surface area contributed by atoms with Crippen LogP contribution < -0.4 is 10.6 Å². The quantitative estimate of drug-likeness (QED) is 0.887. The minimum absolute atomic E-state index is 0.0303. The van der Waals surface area contributed by atoms with E-state index < -0.39 is 17.5 Å². The Morgan fingerprint density at radius 3 is 2.81 bits per heavy atom. The van der Waals surface area contributed by atoms with Gasteiger partial charge in [-0.25, -0.2) is 8.78 Å². The highest BCUT2D eigenvalue weighted by molar-refractivity contribution is 6.04. The molecule has 0 aromatic heterocycles. The molecule has 1 aliphatic rings. The molecule has 1 amide bonds. The number of hydrogen-bond donors (Lipinski definition) is 2. The third-order valence-corrected chi connectivity index (χ3v) is 3.49. The fourth-order valence-corrected chi connectivity index (χ4v) is 2.40. The average molecular weight is 288 g/mol. The summed E-state index contributed by atoms with van der Waals surface area (Å²) in [6.45, 7) is 0.930. The van der Waals surface area contributed by atoms with Crippen molar-refractivity contribution < 1.29 is 13.6 Å². The van der Waals surface area contributed by atoms with Crippen molar-refractivity contribution in [3.8, 4) is 0 Å². The number of nitrogens with one attached hydrogen (secondary N) is 2.